The molecule has 1 saturated heterocycles. The highest BCUT2D eigenvalue weighted by Gasteiger charge is 2.22. The quantitative estimate of drug-likeness (QED) is 0.792. The fourth-order valence-electron chi connectivity index (χ4n) is 2.50. The van der Waals surface area contributed by atoms with Crippen LogP contribution in [-0.4, -0.2) is 70.2 Å². The van der Waals surface area contributed by atoms with Gasteiger partial charge in [0.25, 0.3) is 0 Å². The molecular formula is C15H22FN3O3S. The molecule has 1 aliphatic rings. The van der Waals surface area contributed by atoms with Crippen LogP contribution in [0.3, 0.4) is 0 Å². The minimum absolute atomic E-state index is 0.0512. The van der Waals surface area contributed by atoms with E-state index >= 15 is 0 Å². The highest BCUT2D eigenvalue weighted by molar-refractivity contribution is 7.92. The molecule has 0 radical (unpaired) electrons. The van der Waals surface area contributed by atoms with Gasteiger partial charge in [0.1, 0.15) is 5.82 Å². The van der Waals surface area contributed by atoms with Crippen molar-refractivity contribution in [1.82, 2.24) is 9.80 Å². The number of hydrogen-bond donors (Lipinski definition) is 0. The molecule has 1 aliphatic heterocycles. The van der Waals surface area contributed by atoms with Crippen LogP contribution in [0.1, 0.15) is 6.42 Å². The number of hydrogen-bond acceptors (Lipinski definition) is 4. The van der Waals surface area contributed by atoms with Crippen molar-refractivity contribution in [2.75, 3.05) is 50.3 Å². The summed E-state index contributed by atoms with van der Waals surface area (Å²) >= 11 is 0. The number of anilines is 1. The first-order chi connectivity index (χ1) is 10.8. The predicted molar refractivity (Wildman–Crippen MR) is 87.3 cm³/mol. The Hall–Kier alpha value is -1.67. The lowest BCUT2D eigenvalue weighted by Crippen LogP contribution is -2.48. The van der Waals surface area contributed by atoms with Gasteiger partial charge in [-0.25, -0.2) is 12.8 Å². The third-order valence-corrected chi connectivity index (χ3v) is 5.09. The largest absolute Gasteiger partial charge is 0.340 e. The van der Waals surface area contributed by atoms with Gasteiger partial charge >= 0.3 is 0 Å². The zero-order valence-corrected chi connectivity index (χ0v) is 14.2. The Morgan fingerprint density at radius 3 is 2.26 bits per heavy atom. The average molecular weight is 343 g/mol. The van der Waals surface area contributed by atoms with E-state index in [2.05, 4.69) is 4.90 Å². The van der Waals surface area contributed by atoms with E-state index in [9.17, 15) is 17.6 Å². The van der Waals surface area contributed by atoms with Crippen LogP contribution < -0.4 is 4.31 Å². The Bertz CT molecular complexity index is 640. The predicted octanol–water partition coefficient (Wildman–Crippen LogP) is 0.756. The highest BCUT2D eigenvalue weighted by atomic mass is 32.2. The third kappa shape index (κ3) is 4.90. The SMILES string of the molecule is CN1CCN(C(=O)CCN(c2ccc(F)cc2)S(C)(=O)=O)CC1. The van der Waals surface area contributed by atoms with E-state index < -0.39 is 15.8 Å². The molecule has 8 heteroatoms. The molecule has 1 aromatic carbocycles. The molecule has 1 fully saturated rings. The number of rotatable bonds is 5. The summed E-state index contributed by atoms with van der Waals surface area (Å²) in [5.74, 6) is -0.496. The van der Waals surface area contributed by atoms with Crippen molar-refractivity contribution in [2.24, 2.45) is 0 Å². The molecule has 2 rings (SSSR count). The molecule has 6 nitrogen and oxygen atoms in total. The third-order valence-electron chi connectivity index (χ3n) is 3.90. The van der Waals surface area contributed by atoms with Gasteiger partial charge in [-0.15, -0.1) is 0 Å². The van der Waals surface area contributed by atoms with E-state index in [1.54, 1.807) is 4.90 Å². The molecule has 128 valence electrons. The van der Waals surface area contributed by atoms with Crippen LogP contribution in [0.25, 0.3) is 0 Å². The number of amides is 1. The summed E-state index contributed by atoms with van der Waals surface area (Å²) in [6.07, 6.45) is 1.19. The van der Waals surface area contributed by atoms with Gasteiger partial charge in [-0.05, 0) is 31.3 Å². The maximum absolute atomic E-state index is 13.0. The lowest BCUT2D eigenvalue weighted by Gasteiger charge is -2.33. The summed E-state index contributed by atoms with van der Waals surface area (Å²) in [6.45, 7) is 3.00. The van der Waals surface area contributed by atoms with Crippen molar-refractivity contribution in [1.29, 1.82) is 0 Å². The standard InChI is InChI=1S/C15H22FN3O3S/c1-17-9-11-18(12-10-17)15(20)7-8-19(23(2,21)22)14-5-3-13(16)4-6-14/h3-6H,7-12H2,1-2H3. The number of benzene rings is 1. The Kier molecular flexibility index (Phi) is 5.59. The molecule has 0 aromatic heterocycles. The van der Waals surface area contributed by atoms with Crippen molar-refractivity contribution in [2.45, 2.75) is 6.42 Å². The molecule has 0 spiro atoms. The van der Waals surface area contributed by atoms with Gasteiger partial charge < -0.3 is 9.80 Å². The average Bonchev–Trinajstić information content (AvgIpc) is 2.48. The smallest absolute Gasteiger partial charge is 0.232 e. The van der Waals surface area contributed by atoms with Gasteiger partial charge in [-0.2, -0.15) is 0 Å². The van der Waals surface area contributed by atoms with Crippen LogP contribution in [0.5, 0.6) is 0 Å². The van der Waals surface area contributed by atoms with E-state index in [0.29, 0.717) is 18.8 Å². The first kappa shape index (κ1) is 17.7. The number of carbonyl (C=O) groups excluding carboxylic acids is 1. The minimum atomic E-state index is -3.53. The van der Waals surface area contributed by atoms with Gasteiger partial charge in [-0.3, -0.25) is 9.10 Å². The topological polar surface area (TPSA) is 60.9 Å². The Morgan fingerprint density at radius 2 is 1.74 bits per heavy atom. The van der Waals surface area contributed by atoms with E-state index in [4.69, 9.17) is 0 Å². The zero-order valence-electron chi connectivity index (χ0n) is 13.4. The van der Waals surface area contributed by atoms with Crippen LogP contribution in [0.4, 0.5) is 10.1 Å². The minimum Gasteiger partial charge on any atom is -0.340 e. The fraction of sp³-hybridized carbons (Fsp3) is 0.533. The highest BCUT2D eigenvalue weighted by Crippen LogP contribution is 2.18. The second-order valence-electron chi connectivity index (χ2n) is 5.75. The molecule has 0 bridgehead atoms. The molecule has 1 amide bonds. The molecule has 1 aromatic rings. The number of halogens is 1. The lowest BCUT2D eigenvalue weighted by molar-refractivity contribution is -0.132. The van der Waals surface area contributed by atoms with Gasteiger partial charge in [0.15, 0.2) is 0 Å². The second kappa shape index (κ2) is 7.27. The zero-order chi connectivity index (χ0) is 17.0. The van der Waals surface area contributed by atoms with E-state index in [1.807, 2.05) is 7.05 Å². The van der Waals surface area contributed by atoms with Crippen molar-refractivity contribution in [3.05, 3.63) is 30.1 Å². The Morgan fingerprint density at radius 1 is 1.17 bits per heavy atom. The summed E-state index contributed by atoms with van der Waals surface area (Å²) in [4.78, 5) is 16.1. The van der Waals surface area contributed by atoms with Gasteiger partial charge in [0.05, 0.1) is 11.9 Å². The van der Waals surface area contributed by atoms with Gasteiger partial charge in [0.2, 0.25) is 15.9 Å². The monoisotopic (exact) mass is 343 g/mol. The number of likely N-dealkylation sites (N-methyl/N-ethyl adjacent to an activating group) is 1. The van der Waals surface area contributed by atoms with E-state index in [0.717, 1.165) is 23.7 Å². The van der Waals surface area contributed by atoms with Gasteiger partial charge in [0, 0.05) is 39.1 Å². The van der Waals surface area contributed by atoms with Crippen LogP contribution >= 0.6 is 0 Å². The van der Waals surface area contributed by atoms with Crippen LogP contribution in [0.15, 0.2) is 24.3 Å². The molecule has 23 heavy (non-hydrogen) atoms. The normalized spacial score (nSPS) is 16.4. The Balaban J connectivity index is 2.02. The van der Waals surface area contributed by atoms with Crippen molar-refractivity contribution in [3.8, 4) is 0 Å². The summed E-state index contributed by atoms with van der Waals surface area (Å²) in [7, 11) is -1.53. The number of carbonyl (C=O) groups is 1. The molecule has 0 atom stereocenters. The molecule has 0 unspecified atom stereocenters. The molecule has 1 heterocycles. The molecular weight excluding hydrogens is 321 g/mol. The van der Waals surface area contributed by atoms with Gasteiger partial charge in [-0.1, -0.05) is 0 Å². The number of piperazine rings is 1. The maximum atomic E-state index is 13.0. The summed E-state index contributed by atoms with van der Waals surface area (Å²) < 4.78 is 38.0. The van der Waals surface area contributed by atoms with Crippen LogP contribution in [0, 0.1) is 5.82 Å². The fourth-order valence-corrected chi connectivity index (χ4v) is 3.43. The van der Waals surface area contributed by atoms with Crippen LogP contribution in [0.2, 0.25) is 0 Å². The lowest BCUT2D eigenvalue weighted by atomic mass is 10.2. The maximum Gasteiger partial charge on any atom is 0.232 e. The second-order valence-corrected chi connectivity index (χ2v) is 7.65. The number of sulfonamides is 1. The number of nitrogens with zero attached hydrogens (tertiary/aromatic N) is 3. The summed E-state index contributed by atoms with van der Waals surface area (Å²) in [5.41, 5.74) is 0.361. The first-order valence-electron chi connectivity index (χ1n) is 7.47. The molecule has 0 saturated carbocycles. The van der Waals surface area contributed by atoms with Crippen molar-refractivity contribution < 1.29 is 17.6 Å². The molecule has 0 aliphatic carbocycles. The van der Waals surface area contributed by atoms with E-state index in [-0.39, 0.29) is 18.9 Å². The van der Waals surface area contributed by atoms with Crippen molar-refractivity contribution >= 4 is 21.6 Å². The van der Waals surface area contributed by atoms with Crippen molar-refractivity contribution in [3.63, 3.8) is 0 Å². The van der Waals surface area contributed by atoms with E-state index in [1.165, 1.54) is 24.3 Å². The summed E-state index contributed by atoms with van der Waals surface area (Å²) in [6, 6.07) is 5.21. The molecule has 0 N–H and O–H groups in total. The summed E-state index contributed by atoms with van der Waals surface area (Å²) in [5, 5.41) is 0. The van der Waals surface area contributed by atoms with Crippen LogP contribution in [-0.2, 0) is 14.8 Å². The first-order valence-corrected chi connectivity index (χ1v) is 9.32. The Labute approximate surface area is 136 Å².